The van der Waals surface area contributed by atoms with Gasteiger partial charge in [0.05, 0.1) is 13.2 Å². The Kier molecular flexibility index (Phi) is 8.21. The maximum atomic E-state index is 12.7. The first-order chi connectivity index (χ1) is 18.9. The molecule has 2 aliphatic heterocycles. The zero-order chi connectivity index (χ0) is 27.2. The summed E-state index contributed by atoms with van der Waals surface area (Å²) < 4.78 is 5.44. The van der Waals surface area contributed by atoms with Gasteiger partial charge < -0.3 is 30.5 Å². The van der Waals surface area contributed by atoms with E-state index in [0.717, 1.165) is 56.2 Å². The lowest BCUT2D eigenvalue weighted by atomic mass is 10.1. The highest BCUT2D eigenvalue weighted by Gasteiger charge is 2.23. The van der Waals surface area contributed by atoms with Crippen LogP contribution >= 0.6 is 0 Å². The number of benzene rings is 2. The fourth-order valence-corrected chi connectivity index (χ4v) is 4.77. The number of nitrogens with zero attached hydrogens (tertiary/aromatic N) is 4. The molecular weight excluding hydrogens is 494 g/mol. The molecule has 0 bridgehead atoms. The number of hydrogen-bond donors (Lipinski definition) is 3. The van der Waals surface area contributed by atoms with Gasteiger partial charge in [-0.05, 0) is 75.2 Å². The predicted octanol–water partition coefficient (Wildman–Crippen LogP) is 4.68. The number of aromatic nitrogens is 2. The Hall–Kier alpha value is -4.18. The minimum atomic E-state index is -0.131. The van der Waals surface area contributed by atoms with E-state index in [9.17, 15) is 9.59 Å². The summed E-state index contributed by atoms with van der Waals surface area (Å²) in [6.45, 7) is 8.12. The molecule has 0 radical (unpaired) electrons. The molecule has 1 aromatic heterocycles. The fraction of sp³-hybridized carbons (Fsp3) is 0.379. The molecule has 2 aliphatic rings. The van der Waals surface area contributed by atoms with Crippen molar-refractivity contribution in [3.8, 4) is 0 Å². The van der Waals surface area contributed by atoms with Crippen LogP contribution in [0.1, 0.15) is 35.7 Å². The van der Waals surface area contributed by atoms with Gasteiger partial charge >= 0.3 is 6.03 Å². The number of carbonyl (C=O) groups is 2. The lowest BCUT2D eigenvalue weighted by molar-refractivity contribution is 0.101. The molecule has 0 aliphatic carbocycles. The number of hydrogen-bond acceptors (Lipinski definition) is 8. The highest BCUT2D eigenvalue weighted by atomic mass is 16.5. The van der Waals surface area contributed by atoms with E-state index in [-0.39, 0.29) is 17.9 Å². The van der Waals surface area contributed by atoms with E-state index in [1.807, 2.05) is 30.2 Å². The van der Waals surface area contributed by atoms with Crippen LogP contribution in [0, 0.1) is 6.92 Å². The zero-order valence-corrected chi connectivity index (χ0v) is 22.4. The molecule has 3 aromatic rings. The third-order valence-corrected chi connectivity index (χ3v) is 7.14. The third kappa shape index (κ3) is 6.83. The summed E-state index contributed by atoms with van der Waals surface area (Å²) in [6, 6.07) is 15.3. The Morgan fingerprint density at radius 2 is 1.59 bits per heavy atom. The quantitative estimate of drug-likeness (QED) is 0.379. The summed E-state index contributed by atoms with van der Waals surface area (Å²) in [6.07, 6.45) is 3.44. The van der Waals surface area contributed by atoms with Crippen molar-refractivity contribution < 1.29 is 14.3 Å². The van der Waals surface area contributed by atoms with Gasteiger partial charge in [0, 0.05) is 66.6 Å². The molecule has 2 amide bonds. The van der Waals surface area contributed by atoms with Gasteiger partial charge in [0.2, 0.25) is 5.95 Å². The van der Waals surface area contributed by atoms with Crippen LogP contribution in [0.25, 0.3) is 0 Å². The van der Waals surface area contributed by atoms with Crippen LogP contribution < -0.4 is 20.9 Å². The Labute approximate surface area is 228 Å². The number of piperidine rings is 1. The third-order valence-electron chi connectivity index (χ3n) is 7.14. The minimum Gasteiger partial charge on any atom is -0.378 e. The van der Waals surface area contributed by atoms with Crippen molar-refractivity contribution in [2.75, 3.05) is 60.2 Å². The highest BCUT2D eigenvalue weighted by Crippen LogP contribution is 2.23. The van der Waals surface area contributed by atoms with Gasteiger partial charge in [-0.25, -0.2) is 9.78 Å². The summed E-state index contributed by atoms with van der Waals surface area (Å²) in [5.41, 5.74) is 4.38. The fourth-order valence-electron chi connectivity index (χ4n) is 4.77. The van der Waals surface area contributed by atoms with Crippen molar-refractivity contribution in [3.05, 3.63) is 65.9 Å². The molecule has 3 heterocycles. The Morgan fingerprint density at radius 3 is 2.26 bits per heavy atom. The van der Waals surface area contributed by atoms with E-state index < -0.39 is 0 Å². The topological polar surface area (TPSA) is 112 Å². The molecule has 39 heavy (non-hydrogen) atoms. The van der Waals surface area contributed by atoms with E-state index in [1.54, 1.807) is 24.3 Å². The number of ketones is 1. The van der Waals surface area contributed by atoms with Crippen LogP contribution in [0.15, 0.2) is 54.7 Å². The first-order valence-corrected chi connectivity index (χ1v) is 13.4. The number of Topliss-reactive ketones (excluding diaryl/α,β-unsaturated/α-hetero) is 1. The Bertz CT molecular complexity index is 1280. The number of rotatable bonds is 7. The monoisotopic (exact) mass is 529 g/mol. The van der Waals surface area contributed by atoms with E-state index in [4.69, 9.17) is 9.72 Å². The van der Waals surface area contributed by atoms with Crippen molar-refractivity contribution in [2.24, 2.45) is 0 Å². The molecule has 10 heteroatoms. The average Bonchev–Trinajstić information content (AvgIpc) is 2.96. The van der Waals surface area contributed by atoms with Crippen molar-refractivity contribution in [2.45, 2.75) is 32.7 Å². The molecule has 2 aromatic carbocycles. The van der Waals surface area contributed by atoms with Gasteiger partial charge in [0.1, 0.15) is 5.82 Å². The number of carbonyl (C=O) groups excluding carboxylic acids is 2. The summed E-state index contributed by atoms with van der Waals surface area (Å²) >= 11 is 0. The van der Waals surface area contributed by atoms with Crippen LogP contribution in [-0.2, 0) is 4.74 Å². The maximum Gasteiger partial charge on any atom is 0.321 e. The molecule has 3 N–H and O–H groups in total. The standard InChI is InChI=1S/C29H35N7O3/c1-20-19-30-28(32-23-7-9-26(10-8-23)35-15-17-39-18-16-35)34-27(20)31-25-11-13-36(14-12-25)29(38)33-24-5-3-22(4-6-24)21(2)37/h3-10,19,25H,11-18H2,1-2H3,(H,33,38)(H2,30,31,32,34). The largest absolute Gasteiger partial charge is 0.378 e. The van der Waals surface area contributed by atoms with Crippen molar-refractivity contribution >= 4 is 40.6 Å². The number of nitrogens with one attached hydrogen (secondary N) is 3. The number of aryl methyl sites for hydroxylation is 1. The van der Waals surface area contributed by atoms with Gasteiger partial charge in [-0.2, -0.15) is 4.98 Å². The molecule has 0 saturated carbocycles. The van der Waals surface area contributed by atoms with Crippen molar-refractivity contribution in [1.82, 2.24) is 14.9 Å². The van der Waals surface area contributed by atoms with Crippen molar-refractivity contribution in [3.63, 3.8) is 0 Å². The number of likely N-dealkylation sites (tertiary alicyclic amines) is 1. The first kappa shape index (κ1) is 26.4. The Balaban J connectivity index is 1.13. The first-order valence-electron chi connectivity index (χ1n) is 13.4. The van der Waals surface area contributed by atoms with E-state index in [2.05, 4.69) is 38.0 Å². The maximum absolute atomic E-state index is 12.7. The smallest absolute Gasteiger partial charge is 0.321 e. The number of morpholine rings is 1. The predicted molar refractivity (Wildman–Crippen MR) is 153 cm³/mol. The lowest BCUT2D eigenvalue weighted by Crippen LogP contribution is -2.44. The second-order valence-corrected chi connectivity index (χ2v) is 9.97. The Morgan fingerprint density at radius 1 is 0.923 bits per heavy atom. The van der Waals surface area contributed by atoms with Crippen LogP contribution in [-0.4, -0.2) is 72.1 Å². The summed E-state index contributed by atoms with van der Waals surface area (Å²) in [5, 5.41) is 9.78. The number of ether oxygens (including phenoxy) is 1. The van der Waals surface area contributed by atoms with Crippen LogP contribution in [0.5, 0.6) is 0 Å². The van der Waals surface area contributed by atoms with Gasteiger partial charge in [0.25, 0.3) is 0 Å². The number of amides is 2. The molecule has 2 saturated heterocycles. The second-order valence-electron chi connectivity index (χ2n) is 9.97. The van der Waals surface area contributed by atoms with Crippen LogP contribution in [0.3, 0.4) is 0 Å². The van der Waals surface area contributed by atoms with Gasteiger partial charge in [-0.1, -0.05) is 0 Å². The summed E-state index contributed by atoms with van der Waals surface area (Å²) in [4.78, 5) is 37.5. The van der Waals surface area contributed by atoms with E-state index >= 15 is 0 Å². The molecule has 5 rings (SSSR count). The SMILES string of the molecule is CC(=O)c1ccc(NC(=O)N2CCC(Nc3nc(Nc4ccc(N5CCOCC5)cc4)ncc3C)CC2)cc1. The second kappa shape index (κ2) is 12.1. The summed E-state index contributed by atoms with van der Waals surface area (Å²) in [5.74, 6) is 1.34. The van der Waals surface area contributed by atoms with Crippen molar-refractivity contribution in [1.29, 1.82) is 0 Å². The van der Waals surface area contributed by atoms with Gasteiger partial charge in [-0.15, -0.1) is 0 Å². The molecule has 10 nitrogen and oxygen atoms in total. The van der Waals surface area contributed by atoms with Gasteiger partial charge in [0.15, 0.2) is 5.78 Å². The number of anilines is 5. The minimum absolute atomic E-state index is 0.00223. The van der Waals surface area contributed by atoms with E-state index in [1.165, 1.54) is 12.6 Å². The lowest BCUT2D eigenvalue weighted by Gasteiger charge is -2.33. The highest BCUT2D eigenvalue weighted by molar-refractivity contribution is 5.95. The molecular formula is C29H35N7O3. The van der Waals surface area contributed by atoms with Crippen LogP contribution in [0.2, 0.25) is 0 Å². The average molecular weight is 530 g/mol. The number of urea groups is 1. The molecule has 204 valence electrons. The van der Waals surface area contributed by atoms with Gasteiger partial charge in [-0.3, -0.25) is 4.79 Å². The summed E-state index contributed by atoms with van der Waals surface area (Å²) in [7, 11) is 0. The van der Waals surface area contributed by atoms with E-state index in [0.29, 0.717) is 30.3 Å². The molecule has 2 fully saturated rings. The van der Waals surface area contributed by atoms with Crippen LogP contribution in [0.4, 0.5) is 33.6 Å². The normalized spacial score (nSPS) is 16.1. The molecule has 0 atom stereocenters. The zero-order valence-electron chi connectivity index (χ0n) is 22.4. The molecule has 0 spiro atoms. The molecule has 0 unspecified atom stereocenters.